The van der Waals surface area contributed by atoms with Gasteiger partial charge < -0.3 is 0 Å². The molecule has 1 saturated heterocycles. The Labute approximate surface area is 95.4 Å². The highest BCUT2D eigenvalue weighted by molar-refractivity contribution is 5.81. The summed E-state index contributed by atoms with van der Waals surface area (Å²) in [6.45, 7) is 1.78. The average molecular weight is 219 g/mol. The molecule has 0 spiro atoms. The van der Waals surface area contributed by atoms with Crippen LogP contribution in [0.2, 0.25) is 0 Å². The highest BCUT2D eigenvalue weighted by Crippen LogP contribution is 2.19. The lowest BCUT2D eigenvalue weighted by Gasteiger charge is -2.22. The maximum absolute atomic E-state index is 11.5. The second kappa shape index (κ2) is 5.09. The second-order valence-corrected chi connectivity index (χ2v) is 4.12. The maximum atomic E-state index is 11.5. The molecule has 1 aromatic carbocycles. The van der Waals surface area contributed by atoms with Crippen molar-refractivity contribution in [2.45, 2.75) is 25.4 Å². The number of carbonyl (C=O) groups is 1. The Morgan fingerprint density at radius 1 is 1.44 bits per heavy atom. The third kappa shape index (κ3) is 2.40. The fraction of sp³-hybridized carbons (Fsp3) is 0.417. The number of rotatable bonds is 3. The third-order valence-corrected chi connectivity index (χ3v) is 3.04. The molecule has 1 heterocycles. The molecule has 0 saturated carbocycles. The van der Waals surface area contributed by atoms with Gasteiger partial charge >= 0.3 is 0 Å². The van der Waals surface area contributed by atoms with Crippen molar-refractivity contribution < 1.29 is 4.79 Å². The zero-order chi connectivity index (χ0) is 11.4. The van der Waals surface area contributed by atoms with Gasteiger partial charge in [-0.1, -0.05) is 30.3 Å². The number of nitrogens with two attached hydrogens (primary N) is 1. The van der Waals surface area contributed by atoms with Gasteiger partial charge in [-0.15, -0.1) is 0 Å². The van der Waals surface area contributed by atoms with E-state index in [1.165, 1.54) is 5.56 Å². The van der Waals surface area contributed by atoms with E-state index < -0.39 is 0 Å². The van der Waals surface area contributed by atoms with Crippen LogP contribution in [0.25, 0.3) is 0 Å². The van der Waals surface area contributed by atoms with E-state index in [9.17, 15) is 4.79 Å². The molecule has 86 valence electrons. The fourth-order valence-corrected chi connectivity index (χ4v) is 2.23. The second-order valence-electron chi connectivity index (χ2n) is 4.12. The van der Waals surface area contributed by atoms with Crippen LogP contribution in [0, 0.1) is 0 Å². The van der Waals surface area contributed by atoms with Crippen molar-refractivity contribution in [3.05, 3.63) is 35.9 Å². The molecule has 16 heavy (non-hydrogen) atoms. The Hall–Kier alpha value is -1.39. The molecule has 4 heteroatoms. The van der Waals surface area contributed by atoms with Crippen molar-refractivity contribution in [3.8, 4) is 0 Å². The van der Waals surface area contributed by atoms with Gasteiger partial charge in [0.05, 0.1) is 6.04 Å². The van der Waals surface area contributed by atoms with Crippen molar-refractivity contribution in [2.24, 2.45) is 5.84 Å². The normalized spacial score (nSPS) is 20.9. The lowest BCUT2D eigenvalue weighted by Crippen LogP contribution is -2.45. The van der Waals surface area contributed by atoms with Crippen molar-refractivity contribution in [3.63, 3.8) is 0 Å². The Balaban J connectivity index is 2.01. The van der Waals surface area contributed by atoms with Crippen LogP contribution < -0.4 is 11.3 Å². The van der Waals surface area contributed by atoms with Crippen molar-refractivity contribution in [1.29, 1.82) is 0 Å². The Bertz CT molecular complexity index is 353. The molecule has 1 aliphatic heterocycles. The first kappa shape index (κ1) is 11.1. The van der Waals surface area contributed by atoms with E-state index in [2.05, 4.69) is 22.5 Å². The maximum Gasteiger partial charge on any atom is 0.251 e. The molecule has 2 rings (SSSR count). The highest BCUT2D eigenvalue weighted by Gasteiger charge is 2.29. The molecule has 3 N–H and O–H groups in total. The van der Waals surface area contributed by atoms with Crippen molar-refractivity contribution in [1.82, 2.24) is 10.3 Å². The number of benzene rings is 1. The Morgan fingerprint density at radius 3 is 2.88 bits per heavy atom. The predicted octanol–water partition coefficient (Wildman–Crippen LogP) is 0.641. The number of amides is 1. The summed E-state index contributed by atoms with van der Waals surface area (Å²) in [6.07, 6.45) is 1.96. The van der Waals surface area contributed by atoms with Gasteiger partial charge in [0.2, 0.25) is 0 Å². The van der Waals surface area contributed by atoms with E-state index >= 15 is 0 Å². The Kier molecular flexibility index (Phi) is 3.54. The van der Waals surface area contributed by atoms with Gasteiger partial charge in [-0.3, -0.25) is 15.1 Å². The molecule has 1 aliphatic rings. The quantitative estimate of drug-likeness (QED) is 0.445. The molecule has 0 aromatic heterocycles. The van der Waals surface area contributed by atoms with Crippen LogP contribution in [0.1, 0.15) is 18.4 Å². The summed E-state index contributed by atoms with van der Waals surface area (Å²) >= 11 is 0. The molecule has 0 unspecified atom stereocenters. The molecule has 0 bridgehead atoms. The molecule has 0 radical (unpaired) electrons. The van der Waals surface area contributed by atoms with Crippen LogP contribution in [0.15, 0.2) is 30.3 Å². The topological polar surface area (TPSA) is 58.4 Å². The third-order valence-electron chi connectivity index (χ3n) is 3.04. The van der Waals surface area contributed by atoms with Crippen molar-refractivity contribution >= 4 is 5.91 Å². The highest BCUT2D eigenvalue weighted by atomic mass is 16.2. The number of hydrogen-bond acceptors (Lipinski definition) is 3. The summed E-state index contributed by atoms with van der Waals surface area (Å²) in [4.78, 5) is 13.7. The van der Waals surface area contributed by atoms with E-state index in [-0.39, 0.29) is 11.9 Å². The predicted molar refractivity (Wildman–Crippen MR) is 62.2 cm³/mol. The number of carbonyl (C=O) groups excluding carboxylic acids is 1. The summed E-state index contributed by atoms with van der Waals surface area (Å²) in [7, 11) is 0. The van der Waals surface area contributed by atoms with E-state index in [1.54, 1.807) is 0 Å². The molecular formula is C12H17N3O. The largest absolute Gasteiger partial charge is 0.293 e. The first-order valence-corrected chi connectivity index (χ1v) is 5.59. The first-order valence-electron chi connectivity index (χ1n) is 5.59. The van der Waals surface area contributed by atoms with Crippen LogP contribution >= 0.6 is 0 Å². The van der Waals surface area contributed by atoms with E-state index in [0.717, 1.165) is 25.9 Å². The molecule has 0 aliphatic carbocycles. The lowest BCUT2D eigenvalue weighted by molar-refractivity contribution is -0.125. The van der Waals surface area contributed by atoms with Crippen LogP contribution in [0.4, 0.5) is 0 Å². The van der Waals surface area contributed by atoms with E-state index in [1.807, 2.05) is 18.2 Å². The van der Waals surface area contributed by atoms with Gasteiger partial charge in [0.15, 0.2) is 0 Å². The zero-order valence-corrected chi connectivity index (χ0v) is 9.23. The monoisotopic (exact) mass is 219 g/mol. The number of nitrogens with one attached hydrogen (secondary N) is 1. The van der Waals surface area contributed by atoms with Gasteiger partial charge in [0.1, 0.15) is 0 Å². The van der Waals surface area contributed by atoms with Crippen LogP contribution in [0.3, 0.4) is 0 Å². The standard InChI is InChI=1S/C12H17N3O/c13-14-12(16)11-7-4-8-15(11)9-10-5-2-1-3-6-10/h1-3,5-6,11H,4,7-9,13H2,(H,14,16)/t11-/m0/s1. The first-order chi connectivity index (χ1) is 7.81. The number of nitrogens with zero attached hydrogens (tertiary/aromatic N) is 1. The zero-order valence-electron chi connectivity index (χ0n) is 9.23. The van der Waals surface area contributed by atoms with Gasteiger partial charge in [-0.05, 0) is 24.9 Å². The van der Waals surface area contributed by atoms with Gasteiger partial charge in [-0.25, -0.2) is 5.84 Å². The van der Waals surface area contributed by atoms with Crippen LogP contribution in [0.5, 0.6) is 0 Å². The fourth-order valence-electron chi connectivity index (χ4n) is 2.23. The Morgan fingerprint density at radius 2 is 2.19 bits per heavy atom. The van der Waals surface area contributed by atoms with E-state index in [0.29, 0.717) is 0 Å². The SMILES string of the molecule is NNC(=O)[C@@H]1CCCN1Cc1ccccc1. The minimum Gasteiger partial charge on any atom is -0.293 e. The van der Waals surface area contributed by atoms with Crippen LogP contribution in [-0.4, -0.2) is 23.4 Å². The summed E-state index contributed by atoms with van der Waals surface area (Å²) in [5.74, 6) is 5.11. The molecule has 1 aromatic rings. The summed E-state index contributed by atoms with van der Waals surface area (Å²) in [5, 5.41) is 0. The van der Waals surface area contributed by atoms with Crippen molar-refractivity contribution in [2.75, 3.05) is 6.54 Å². The van der Waals surface area contributed by atoms with Gasteiger partial charge in [0.25, 0.3) is 5.91 Å². The summed E-state index contributed by atoms with van der Waals surface area (Å²) in [5.41, 5.74) is 3.48. The van der Waals surface area contributed by atoms with Gasteiger partial charge in [0, 0.05) is 6.54 Å². The number of hydrazine groups is 1. The van der Waals surface area contributed by atoms with Gasteiger partial charge in [-0.2, -0.15) is 0 Å². The molecule has 4 nitrogen and oxygen atoms in total. The lowest BCUT2D eigenvalue weighted by atomic mass is 10.2. The minimum absolute atomic E-state index is 0.0646. The number of likely N-dealkylation sites (tertiary alicyclic amines) is 1. The van der Waals surface area contributed by atoms with E-state index in [4.69, 9.17) is 5.84 Å². The number of hydrogen-bond donors (Lipinski definition) is 2. The minimum atomic E-state index is -0.0755. The van der Waals surface area contributed by atoms with Crippen LogP contribution in [-0.2, 0) is 11.3 Å². The molecule has 1 fully saturated rings. The summed E-state index contributed by atoms with van der Waals surface area (Å²) < 4.78 is 0. The summed E-state index contributed by atoms with van der Waals surface area (Å²) in [6, 6.07) is 10.1. The molecular weight excluding hydrogens is 202 g/mol. The smallest absolute Gasteiger partial charge is 0.251 e. The molecule has 1 amide bonds. The average Bonchev–Trinajstić information content (AvgIpc) is 2.77. The molecule has 1 atom stereocenters.